The summed E-state index contributed by atoms with van der Waals surface area (Å²) in [4.78, 5) is 24.2. The fourth-order valence-electron chi connectivity index (χ4n) is 3.77. The minimum Gasteiger partial charge on any atom is -0.283 e. The smallest absolute Gasteiger partial charge is 0.232 e. The number of hydrogen-bond donors (Lipinski definition) is 0. The van der Waals surface area contributed by atoms with E-state index >= 15 is 0 Å². The molecule has 3 heterocycles. The Hall–Kier alpha value is -2.07. The van der Waals surface area contributed by atoms with Gasteiger partial charge in [0.2, 0.25) is 15.9 Å². The molecule has 3 aromatic rings. The summed E-state index contributed by atoms with van der Waals surface area (Å²) in [5, 5.41) is 1.25. The number of pyridine rings is 1. The van der Waals surface area contributed by atoms with Crippen molar-refractivity contribution in [1.82, 2.24) is 14.3 Å². The summed E-state index contributed by atoms with van der Waals surface area (Å²) in [6.45, 7) is 2.98. The molecule has 1 saturated heterocycles. The van der Waals surface area contributed by atoms with Crippen molar-refractivity contribution in [3.8, 4) is 0 Å². The topological polar surface area (TPSA) is 83.5 Å². The normalized spacial score (nSPS) is 16.0. The Kier molecular flexibility index (Phi) is 6.30. The molecular weight excluding hydrogens is 456 g/mol. The Morgan fingerprint density at radius 2 is 2.03 bits per heavy atom. The largest absolute Gasteiger partial charge is 0.283 e. The van der Waals surface area contributed by atoms with Crippen molar-refractivity contribution in [2.45, 2.75) is 26.3 Å². The van der Waals surface area contributed by atoms with Gasteiger partial charge >= 0.3 is 0 Å². The molecule has 4 rings (SSSR count). The lowest BCUT2D eigenvalue weighted by Crippen LogP contribution is -2.44. The number of aromatic nitrogens is 2. The number of carbonyl (C=O) groups is 1. The van der Waals surface area contributed by atoms with Gasteiger partial charge in [0.25, 0.3) is 0 Å². The van der Waals surface area contributed by atoms with E-state index < -0.39 is 10.0 Å². The zero-order chi connectivity index (χ0) is 22.2. The fraction of sp³-hybridized carbons (Fsp3) is 0.381. The molecule has 0 unspecified atom stereocenters. The Morgan fingerprint density at radius 1 is 1.29 bits per heavy atom. The second-order valence-electron chi connectivity index (χ2n) is 7.74. The number of aryl methyl sites for hydroxylation is 1. The standard InChI is InChI=1S/C21H23ClN4O3S2/c1-14-17(22)5-6-18-19(14)24-21(30-18)26(13-15-4-3-9-23-12-15)20(27)16-7-10-25(11-8-16)31(2,28)29/h3-6,9,12,16H,7-8,10-11,13H2,1-2H3. The highest BCUT2D eigenvalue weighted by atomic mass is 35.5. The monoisotopic (exact) mass is 478 g/mol. The van der Waals surface area contributed by atoms with Crippen molar-refractivity contribution in [3.05, 3.63) is 52.8 Å². The van der Waals surface area contributed by atoms with E-state index in [4.69, 9.17) is 16.6 Å². The minimum atomic E-state index is -3.24. The number of amides is 1. The molecule has 0 saturated carbocycles. The Labute approximate surface area is 190 Å². The minimum absolute atomic E-state index is 0.0418. The molecule has 0 atom stereocenters. The molecular formula is C21H23ClN4O3S2. The lowest BCUT2D eigenvalue weighted by atomic mass is 9.96. The van der Waals surface area contributed by atoms with E-state index in [-0.39, 0.29) is 11.8 Å². The van der Waals surface area contributed by atoms with Crippen molar-refractivity contribution in [2.75, 3.05) is 24.2 Å². The van der Waals surface area contributed by atoms with Gasteiger partial charge in [-0.25, -0.2) is 17.7 Å². The lowest BCUT2D eigenvalue weighted by molar-refractivity contribution is -0.123. The van der Waals surface area contributed by atoms with Crippen LogP contribution in [0.25, 0.3) is 10.2 Å². The SMILES string of the molecule is Cc1c(Cl)ccc2sc(N(Cc3cccnc3)C(=O)C3CCN(S(C)(=O)=O)CC3)nc12. The van der Waals surface area contributed by atoms with E-state index in [0.29, 0.717) is 42.6 Å². The highest BCUT2D eigenvalue weighted by Gasteiger charge is 2.33. The summed E-state index contributed by atoms with van der Waals surface area (Å²) in [6, 6.07) is 7.53. The highest BCUT2D eigenvalue weighted by Crippen LogP contribution is 2.35. The predicted molar refractivity (Wildman–Crippen MR) is 124 cm³/mol. The van der Waals surface area contributed by atoms with Crippen molar-refractivity contribution in [2.24, 2.45) is 5.92 Å². The lowest BCUT2D eigenvalue weighted by Gasteiger charge is -2.32. The number of sulfonamides is 1. The molecule has 10 heteroatoms. The van der Waals surface area contributed by atoms with Crippen LogP contribution in [0, 0.1) is 12.8 Å². The second kappa shape index (κ2) is 8.82. The van der Waals surface area contributed by atoms with Crippen molar-refractivity contribution >= 4 is 54.2 Å². The van der Waals surface area contributed by atoms with Crippen LogP contribution in [0.5, 0.6) is 0 Å². The molecule has 7 nitrogen and oxygen atoms in total. The van der Waals surface area contributed by atoms with Crippen molar-refractivity contribution in [3.63, 3.8) is 0 Å². The first-order chi connectivity index (χ1) is 14.7. The van der Waals surface area contributed by atoms with Crippen LogP contribution in [0.15, 0.2) is 36.7 Å². The Morgan fingerprint density at radius 3 is 2.68 bits per heavy atom. The van der Waals surface area contributed by atoms with Crippen LogP contribution in [0.1, 0.15) is 24.0 Å². The number of thiazole rings is 1. The highest BCUT2D eigenvalue weighted by molar-refractivity contribution is 7.88. The molecule has 0 spiro atoms. The van der Waals surface area contributed by atoms with Gasteiger partial charge in [0.15, 0.2) is 5.13 Å². The maximum Gasteiger partial charge on any atom is 0.232 e. The van der Waals surface area contributed by atoms with Gasteiger partial charge in [0.1, 0.15) is 0 Å². The van der Waals surface area contributed by atoms with Gasteiger partial charge in [-0.1, -0.05) is 29.0 Å². The Bertz CT molecular complexity index is 1210. The van der Waals surface area contributed by atoms with Gasteiger partial charge < -0.3 is 0 Å². The maximum atomic E-state index is 13.6. The first-order valence-corrected chi connectivity index (χ1v) is 13.0. The van der Waals surface area contributed by atoms with Crippen LogP contribution in [0.3, 0.4) is 0 Å². The molecule has 1 aliphatic heterocycles. The molecule has 0 N–H and O–H groups in total. The van der Waals surface area contributed by atoms with Crippen molar-refractivity contribution < 1.29 is 13.2 Å². The molecule has 1 fully saturated rings. The quantitative estimate of drug-likeness (QED) is 0.556. The zero-order valence-electron chi connectivity index (χ0n) is 17.3. The summed E-state index contributed by atoms with van der Waals surface area (Å²) in [6.07, 6.45) is 5.62. The van der Waals surface area contributed by atoms with Crippen LogP contribution in [0.2, 0.25) is 5.02 Å². The first-order valence-electron chi connectivity index (χ1n) is 9.95. The van der Waals surface area contributed by atoms with Crippen molar-refractivity contribution in [1.29, 1.82) is 0 Å². The van der Waals surface area contributed by atoms with Gasteiger partial charge in [-0.15, -0.1) is 0 Å². The van der Waals surface area contributed by atoms with Crippen LogP contribution in [-0.2, 0) is 21.4 Å². The van der Waals surface area contributed by atoms with Crippen LogP contribution >= 0.6 is 22.9 Å². The molecule has 1 aliphatic rings. The number of rotatable bonds is 5. The second-order valence-corrected chi connectivity index (χ2v) is 11.1. The average molecular weight is 479 g/mol. The summed E-state index contributed by atoms with van der Waals surface area (Å²) >= 11 is 7.72. The summed E-state index contributed by atoms with van der Waals surface area (Å²) in [5.74, 6) is -0.300. The number of halogens is 1. The number of hydrogen-bond acceptors (Lipinski definition) is 6. The van der Waals surface area contributed by atoms with Gasteiger partial charge in [-0.2, -0.15) is 0 Å². The molecule has 0 radical (unpaired) electrons. The molecule has 31 heavy (non-hydrogen) atoms. The van der Waals surface area contributed by atoms with Crippen LogP contribution in [0.4, 0.5) is 5.13 Å². The fourth-order valence-corrected chi connectivity index (χ4v) is 5.83. The average Bonchev–Trinajstić information content (AvgIpc) is 3.19. The zero-order valence-corrected chi connectivity index (χ0v) is 19.7. The first kappa shape index (κ1) is 22.1. The van der Waals surface area contributed by atoms with Gasteiger partial charge in [-0.3, -0.25) is 14.7 Å². The Balaban J connectivity index is 1.65. The van der Waals surface area contributed by atoms with Gasteiger partial charge in [-0.05, 0) is 49.1 Å². The maximum absolute atomic E-state index is 13.6. The van der Waals surface area contributed by atoms with Crippen LogP contribution < -0.4 is 4.90 Å². The third-order valence-corrected chi connectivity index (χ3v) is 8.33. The summed E-state index contributed by atoms with van der Waals surface area (Å²) < 4.78 is 26.0. The van der Waals surface area contributed by atoms with Crippen LogP contribution in [-0.4, -0.2) is 47.9 Å². The molecule has 1 amide bonds. The predicted octanol–water partition coefficient (Wildman–Crippen LogP) is 3.86. The summed E-state index contributed by atoms with van der Waals surface area (Å²) in [7, 11) is -3.24. The molecule has 1 aromatic carbocycles. The van der Waals surface area contributed by atoms with E-state index in [2.05, 4.69) is 4.98 Å². The molecule has 2 aromatic heterocycles. The number of piperidine rings is 1. The van der Waals surface area contributed by atoms with E-state index in [1.54, 1.807) is 17.3 Å². The third-order valence-electron chi connectivity index (χ3n) is 5.57. The van der Waals surface area contributed by atoms with E-state index in [0.717, 1.165) is 21.3 Å². The number of carbonyl (C=O) groups excluding carboxylic acids is 1. The number of benzene rings is 1. The number of nitrogens with zero attached hydrogens (tertiary/aromatic N) is 4. The molecule has 164 valence electrons. The van der Waals surface area contributed by atoms with E-state index in [9.17, 15) is 13.2 Å². The van der Waals surface area contributed by atoms with Gasteiger partial charge in [0, 0.05) is 36.4 Å². The molecule has 0 aliphatic carbocycles. The summed E-state index contributed by atoms with van der Waals surface area (Å²) in [5.41, 5.74) is 2.58. The van der Waals surface area contributed by atoms with Gasteiger partial charge in [0.05, 0.1) is 23.0 Å². The number of fused-ring (bicyclic) bond motifs is 1. The number of anilines is 1. The molecule has 0 bridgehead atoms. The third kappa shape index (κ3) is 4.74. The van der Waals surface area contributed by atoms with E-state index in [1.165, 1.54) is 21.9 Å². The van der Waals surface area contributed by atoms with E-state index in [1.807, 2.05) is 31.2 Å².